The van der Waals surface area contributed by atoms with Gasteiger partial charge in [0.2, 0.25) is 0 Å². The van der Waals surface area contributed by atoms with Crippen LogP contribution in [0.25, 0.3) is 0 Å². The van der Waals surface area contributed by atoms with Crippen LogP contribution in [-0.2, 0) is 9.59 Å². The van der Waals surface area contributed by atoms with E-state index in [0.717, 1.165) is 19.3 Å². The molecule has 0 aromatic rings. The molecular formula is C13H22O4. The minimum atomic E-state index is -0.845. The minimum Gasteiger partial charge on any atom is -0.478 e. The summed E-state index contributed by atoms with van der Waals surface area (Å²) in [5.41, 5.74) is 0.841. The molecule has 4 heteroatoms. The first-order valence-electron chi connectivity index (χ1n) is 5.63. The van der Waals surface area contributed by atoms with E-state index in [0.29, 0.717) is 11.1 Å². The van der Waals surface area contributed by atoms with Gasteiger partial charge >= 0.3 is 11.9 Å². The molecule has 0 bridgehead atoms. The van der Waals surface area contributed by atoms with Gasteiger partial charge in [-0.25, -0.2) is 9.59 Å². The predicted molar refractivity (Wildman–Crippen MR) is 68.0 cm³/mol. The molecule has 4 nitrogen and oxygen atoms in total. The molecule has 0 unspecified atom stereocenters. The number of hydrogen-bond acceptors (Lipinski definition) is 2. The number of carbonyl (C=O) groups is 2. The molecule has 0 aromatic carbocycles. The normalized spacial score (nSPS) is 11.5. The summed E-state index contributed by atoms with van der Waals surface area (Å²) in [7, 11) is 0. The lowest BCUT2D eigenvalue weighted by atomic mass is 10.2. The largest absolute Gasteiger partial charge is 0.478 e. The fourth-order valence-electron chi connectivity index (χ4n) is 0.733. The van der Waals surface area contributed by atoms with Crippen molar-refractivity contribution in [1.82, 2.24) is 0 Å². The highest BCUT2D eigenvalue weighted by atomic mass is 16.4. The Morgan fingerprint density at radius 2 is 1.53 bits per heavy atom. The molecule has 0 fully saturated rings. The number of carboxylic acids is 2. The lowest BCUT2D eigenvalue weighted by Crippen LogP contribution is -1.95. The van der Waals surface area contributed by atoms with Crippen LogP contribution in [0.1, 0.15) is 47.0 Å². The minimum absolute atomic E-state index is 0.389. The molecule has 0 aliphatic heterocycles. The summed E-state index contributed by atoms with van der Waals surface area (Å²) in [6.45, 7) is 6.97. The summed E-state index contributed by atoms with van der Waals surface area (Å²) < 4.78 is 0. The van der Waals surface area contributed by atoms with Crippen molar-refractivity contribution in [2.24, 2.45) is 0 Å². The van der Waals surface area contributed by atoms with E-state index in [-0.39, 0.29) is 0 Å². The fourth-order valence-corrected chi connectivity index (χ4v) is 0.733. The first-order valence-corrected chi connectivity index (χ1v) is 5.63. The van der Waals surface area contributed by atoms with Crippen LogP contribution in [0.2, 0.25) is 0 Å². The van der Waals surface area contributed by atoms with Gasteiger partial charge in [0.15, 0.2) is 0 Å². The Labute approximate surface area is 103 Å². The van der Waals surface area contributed by atoms with Crippen molar-refractivity contribution in [2.45, 2.75) is 47.0 Å². The molecule has 0 saturated carbocycles. The third kappa shape index (κ3) is 12.4. The highest BCUT2D eigenvalue weighted by molar-refractivity contribution is 5.85. The third-order valence-electron chi connectivity index (χ3n) is 2.12. The van der Waals surface area contributed by atoms with E-state index >= 15 is 0 Å². The molecule has 0 saturated heterocycles. The Kier molecular flexibility index (Phi) is 11.4. The van der Waals surface area contributed by atoms with E-state index in [1.54, 1.807) is 32.9 Å². The molecule has 0 aliphatic rings. The number of carboxylic acid groups (broad SMARTS) is 2. The number of unbranched alkanes of at least 4 members (excludes halogenated alkanes) is 2. The van der Waals surface area contributed by atoms with E-state index < -0.39 is 11.9 Å². The molecule has 0 radical (unpaired) electrons. The topological polar surface area (TPSA) is 74.6 Å². The molecule has 0 spiro atoms. The zero-order valence-corrected chi connectivity index (χ0v) is 11.0. The number of rotatable bonds is 5. The average Bonchev–Trinajstić information content (AvgIpc) is 2.28. The van der Waals surface area contributed by atoms with Crippen molar-refractivity contribution >= 4 is 11.9 Å². The lowest BCUT2D eigenvalue weighted by molar-refractivity contribution is -0.133. The highest BCUT2D eigenvalue weighted by Crippen LogP contribution is 2.00. The Balaban J connectivity index is 0. The van der Waals surface area contributed by atoms with Crippen LogP contribution in [0, 0.1) is 0 Å². The van der Waals surface area contributed by atoms with E-state index in [1.807, 2.05) is 0 Å². The van der Waals surface area contributed by atoms with Crippen molar-refractivity contribution in [1.29, 1.82) is 0 Å². The van der Waals surface area contributed by atoms with Crippen LogP contribution >= 0.6 is 0 Å². The maximum atomic E-state index is 10.2. The first kappa shape index (κ1) is 17.8. The summed E-state index contributed by atoms with van der Waals surface area (Å²) in [5, 5.41) is 16.5. The molecule has 98 valence electrons. The van der Waals surface area contributed by atoms with E-state index in [1.165, 1.54) is 0 Å². The van der Waals surface area contributed by atoms with Crippen LogP contribution in [0.15, 0.2) is 23.3 Å². The van der Waals surface area contributed by atoms with Gasteiger partial charge in [-0.05, 0) is 27.2 Å². The lowest BCUT2D eigenvalue weighted by Gasteiger charge is -1.91. The number of aliphatic carboxylic acids is 2. The zero-order valence-electron chi connectivity index (χ0n) is 11.0. The van der Waals surface area contributed by atoms with Crippen molar-refractivity contribution in [3.63, 3.8) is 0 Å². The molecular weight excluding hydrogens is 220 g/mol. The summed E-state index contributed by atoms with van der Waals surface area (Å²) in [6.07, 6.45) is 6.40. The molecule has 0 aromatic heterocycles. The summed E-state index contributed by atoms with van der Waals surface area (Å²) in [4.78, 5) is 20.1. The molecule has 2 N–H and O–H groups in total. The van der Waals surface area contributed by atoms with Gasteiger partial charge in [0.1, 0.15) is 0 Å². The smallest absolute Gasteiger partial charge is 0.330 e. The number of hydrogen-bond donors (Lipinski definition) is 2. The molecule has 0 atom stereocenters. The van der Waals surface area contributed by atoms with E-state index in [9.17, 15) is 9.59 Å². The quantitative estimate of drug-likeness (QED) is 0.573. The Morgan fingerprint density at radius 1 is 1.06 bits per heavy atom. The van der Waals surface area contributed by atoms with Crippen LogP contribution in [0.4, 0.5) is 0 Å². The predicted octanol–water partition coefficient (Wildman–Crippen LogP) is 3.24. The van der Waals surface area contributed by atoms with Crippen LogP contribution in [-0.4, -0.2) is 22.2 Å². The Hall–Kier alpha value is -1.58. The fraction of sp³-hybridized carbons (Fsp3) is 0.538. The Bertz CT molecular complexity index is 301. The van der Waals surface area contributed by atoms with Gasteiger partial charge < -0.3 is 10.2 Å². The Morgan fingerprint density at radius 3 is 1.76 bits per heavy atom. The summed E-state index contributed by atoms with van der Waals surface area (Å²) in [5.74, 6) is -1.65. The number of allylic oxidation sites excluding steroid dienone is 2. The van der Waals surface area contributed by atoms with Gasteiger partial charge in [-0.1, -0.05) is 31.9 Å². The van der Waals surface area contributed by atoms with Gasteiger partial charge in [0, 0.05) is 11.1 Å². The van der Waals surface area contributed by atoms with E-state index in [4.69, 9.17) is 10.2 Å². The summed E-state index contributed by atoms with van der Waals surface area (Å²) in [6, 6.07) is 0. The third-order valence-corrected chi connectivity index (χ3v) is 2.12. The second-order valence-corrected chi connectivity index (χ2v) is 3.61. The van der Waals surface area contributed by atoms with Gasteiger partial charge in [-0.2, -0.15) is 0 Å². The van der Waals surface area contributed by atoms with Gasteiger partial charge in [-0.15, -0.1) is 0 Å². The first-order chi connectivity index (χ1) is 7.86. The highest BCUT2D eigenvalue weighted by Gasteiger charge is 1.96. The van der Waals surface area contributed by atoms with Crippen molar-refractivity contribution in [2.75, 3.05) is 0 Å². The van der Waals surface area contributed by atoms with Crippen LogP contribution < -0.4 is 0 Å². The van der Waals surface area contributed by atoms with Crippen molar-refractivity contribution < 1.29 is 19.8 Å². The van der Waals surface area contributed by atoms with E-state index in [2.05, 4.69) is 6.92 Å². The molecule has 0 amide bonds. The maximum Gasteiger partial charge on any atom is 0.330 e. The SMILES string of the molecule is C/C=C(\C)C(=O)O.CCCC/C=C(\C)C(=O)O. The standard InChI is InChI=1S/C8H14O2.C5H8O2/c1-3-4-5-6-7(2)8(9)10;1-3-4(2)5(6)7/h6H,3-5H2,1-2H3,(H,9,10);3H,1-2H3,(H,6,7)/b7-6+;4-3+. The summed E-state index contributed by atoms with van der Waals surface area (Å²) >= 11 is 0. The molecule has 0 rings (SSSR count). The maximum absolute atomic E-state index is 10.2. The van der Waals surface area contributed by atoms with Crippen LogP contribution in [0.5, 0.6) is 0 Å². The molecule has 0 aliphatic carbocycles. The van der Waals surface area contributed by atoms with Crippen molar-refractivity contribution in [3.05, 3.63) is 23.3 Å². The molecule has 17 heavy (non-hydrogen) atoms. The van der Waals surface area contributed by atoms with Gasteiger partial charge in [0.05, 0.1) is 0 Å². The van der Waals surface area contributed by atoms with Crippen LogP contribution in [0.3, 0.4) is 0 Å². The monoisotopic (exact) mass is 242 g/mol. The van der Waals surface area contributed by atoms with Gasteiger partial charge in [-0.3, -0.25) is 0 Å². The van der Waals surface area contributed by atoms with Crippen molar-refractivity contribution in [3.8, 4) is 0 Å². The molecule has 0 heterocycles. The second kappa shape index (κ2) is 10.9. The van der Waals surface area contributed by atoms with Gasteiger partial charge in [0.25, 0.3) is 0 Å². The average molecular weight is 242 g/mol. The second-order valence-electron chi connectivity index (χ2n) is 3.61. The zero-order chi connectivity index (χ0) is 13.8.